The molecule has 1 aromatic carbocycles. The van der Waals surface area contributed by atoms with Gasteiger partial charge < -0.3 is 15.4 Å². The van der Waals surface area contributed by atoms with E-state index >= 15 is 0 Å². The maximum Gasteiger partial charge on any atom is 0.0641 e. The molecule has 1 aliphatic rings. The van der Waals surface area contributed by atoms with Crippen molar-refractivity contribution < 1.29 is 4.74 Å². The van der Waals surface area contributed by atoms with Crippen LogP contribution < -0.4 is 10.6 Å². The minimum absolute atomic E-state index is 0.807. The predicted molar refractivity (Wildman–Crippen MR) is 72.6 cm³/mol. The van der Waals surface area contributed by atoms with E-state index in [2.05, 4.69) is 30.9 Å². The molecule has 0 unspecified atom stereocenters. The van der Waals surface area contributed by atoms with Crippen LogP contribution in [0, 0.1) is 6.92 Å². The van der Waals surface area contributed by atoms with Gasteiger partial charge in [0.15, 0.2) is 0 Å². The SMILES string of the molecule is CCCOCCN1CCc2cc(C)c(N)cc21. The minimum atomic E-state index is 0.807. The van der Waals surface area contributed by atoms with Crippen LogP contribution >= 0.6 is 0 Å². The molecule has 17 heavy (non-hydrogen) atoms. The third-order valence-electron chi connectivity index (χ3n) is 3.31. The van der Waals surface area contributed by atoms with Crippen LogP contribution in [0.3, 0.4) is 0 Å². The Hall–Kier alpha value is -1.22. The van der Waals surface area contributed by atoms with Crippen LogP contribution in [0.25, 0.3) is 0 Å². The van der Waals surface area contributed by atoms with Gasteiger partial charge in [0, 0.05) is 31.1 Å². The van der Waals surface area contributed by atoms with E-state index in [1.807, 2.05) is 0 Å². The Balaban J connectivity index is 1.99. The summed E-state index contributed by atoms with van der Waals surface area (Å²) in [6, 6.07) is 4.33. The van der Waals surface area contributed by atoms with Crippen molar-refractivity contribution in [1.29, 1.82) is 0 Å². The van der Waals surface area contributed by atoms with E-state index in [-0.39, 0.29) is 0 Å². The van der Waals surface area contributed by atoms with Crippen molar-refractivity contribution in [3.8, 4) is 0 Å². The fraction of sp³-hybridized carbons (Fsp3) is 0.571. The zero-order valence-electron chi connectivity index (χ0n) is 10.8. The summed E-state index contributed by atoms with van der Waals surface area (Å²) in [5.74, 6) is 0. The molecular formula is C14H22N2O. The van der Waals surface area contributed by atoms with Crippen LogP contribution in [0.15, 0.2) is 12.1 Å². The molecule has 2 N–H and O–H groups in total. The first-order chi connectivity index (χ1) is 8.22. The molecule has 2 rings (SSSR count). The molecule has 1 aromatic rings. The smallest absolute Gasteiger partial charge is 0.0641 e. The lowest BCUT2D eigenvalue weighted by molar-refractivity contribution is 0.141. The van der Waals surface area contributed by atoms with Crippen LogP contribution in [0.4, 0.5) is 11.4 Å². The monoisotopic (exact) mass is 234 g/mol. The van der Waals surface area contributed by atoms with Gasteiger partial charge in [0.1, 0.15) is 0 Å². The van der Waals surface area contributed by atoms with Crippen LogP contribution in [0.2, 0.25) is 0 Å². The summed E-state index contributed by atoms with van der Waals surface area (Å²) < 4.78 is 5.54. The number of anilines is 2. The van der Waals surface area contributed by atoms with Crippen molar-refractivity contribution in [2.75, 3.05) is 36.9 Å². The van der Waals surface area contributed by atoms with Crippen molar-refractivity contribution in [2.24, 2.45) is 0 Å². The first kappa shape index (κ1) is 12.2. The van der Waals surface area contributed by atoms with Crippen LogP contribution in [0.5, 0.6) is 0 Å². The molecule has 0 amide bonds. The van der Waals surface area contributed by atoms with Gasteiger partial charge in [-0.25, -0.2) is 0 Å². The molecule has 94 valence electrons. The summed E-state index contributed by atoms with van der Waals surface area (Å²) in [6.45, 7) is 7.93. The Bertz CT molecular complexity index is 390. The highest BCUT2D eigenvalue weighted by molar-refractivity contribution is 5.67. The Labute approximate surface area is 104 Å². The van der Waals surface area contributed by atoms with E-state index in [1.165, 1.54) is 16.8 Å². The fourth-order valence-electron chi connectivity index (χ4n) is 2.30. The molecule has 3 heteroatoms. The third-order valence-corrected chi connectivity index (χ3v) is 3.31. The topological polar surface area (TPSA) is 38.5 Å². The molecular weight excluding hydrogens is 212 g/mol. The van der Waals surface area contributed by atoms with Crippen molar-refractivity contribution in [2.45, 2.75) is 26.7 Å². The van der Waals surface area contributed by atoms with Gasteiger partial charge in [-0.05, 0) is 37.0 Å². The number of hydrogen-bond donors (Lipinski definition) is 1. The highest BCUT2D eigenvalue weighted by atomic mass is 16.5. The Morgan fingerprint density at radius 3 is 2.94 bits per heavy atom. The van der Waals surface area contributed by atoms with Crippen molar-refractivity contribution in [1.82, 2.24) is 0 Å². The van der Waals surface area contributed by atoms with E-state index in [1.54, 1.807) is 0 Å². The number of fused-ring (bicyclic) bond motifs is 1. The quantitative estimate of drug-likeness (QED) is 0.628. The zero-order chi connectivity index (χ0) is 12.3. The summed E-state index contributed by atoms with van der Waals surface area (Å²) in [4.78, 5) is 2.38. The van der Waals surface area contributed by atoms with Crippen molar-refractivity contribution in [3.63, 3.8) is 0 Å². The van der Waals surface area contributed by atoms with Crippen LogP contribution in [0.1, 0.15) is 24.5 Å². The molecule has 0 atom stereocenters. The van der Waals surface area contributed by atoms with Crippen LogP contribution in [-0.2, 0) is 11.2 Å². The second-order valence-electron chi connectivity index (χ2n) is 4.69. The lowest BCUT2D eigenvalue weighted by Crippen LogP contribution is -2.25. The molecule has 0 saturated carbocycles. The third kappa shape index (κ3) is 2.72. The van der Waals surface area contributed by atoms with Crippen molar-refractivity contribution in [3.05, 3.63) is 23.3 Å². The highest BCUT2D eigenvalue weighted by Gasteiger charge is 2.19. The number of benzene rings is 1. The van der Waals surface area contributed by atoms with Gasteiger partial charge >= 0.3 is 0 Å². The first-order valence-electron chi connectivity index (χ1n) is 6.44. The summed E-state index contributed by atoms with van der Waals surface area (Å²) in [7, 11) is 0. The Kier molecular flexibility index (Phi) is 3.89. The fourth-order valence-corrected chi connectivity index (χ4v) is 2.30. The summed E-state index contributed by atoms with van der Waals surface area (Å²) >= 11 is 0. The normalized spacial score (nSPS) is 14.1. The van der Waals surface area contributed by atoms with E-state index in [9.17, 15) is 0 Å². The average Bonchev–Trinajstić information content (AvgIpc) is 2.68. The van der Waals surface area contributed by atoms with E-state index in [4.69, 9.17) is 10.5 Å². The van der Waals surface area contributed by atoms with Gasteiger partial charge in [0.25, 0.3) is 0 Å². The number of aryl methyl sites for hydroxylation is 1. The Morgan fingerprint density at radius 2 is 2.18 bits per heavy atom. The first-order valence-corrected chi connectivity index (χ1v) is 6.44. The van der Waals surface area contributed by atoms with Crippen molar-refractivity contribution >= 4 is 11.4 Å². The lowest BCUT2D eigenvalue weighted by Gasteiger charge is -2.20. The minimum Gasteiger partial charge on any atom is -0.398 e. The summed E-state index contributed by atoms with van der Waals surface area (Å²) in [5.41, 5.74) is 10.8. The van der Waals surface area contributed by atoms with Gasteiger partial charge in [-0.15, -0.1) is 0 Å². The van der Waals surface area contributed by atoms with Gasteiger partial charge in [-0.1, -0.05) is 13.0 Å². The molecule has 0 aromatic heterocycles. The maximum absolute atomic E-state index is 5.97. The number of nitrogen functional groups attached to an aromatic ring is 1. The van der Waals surface area contributed by atoms with E-state index < -0.39 is 0 Å². The molecule has 0 spiro atoms. The Morgan fingerprint density at radius 1 is 1.35 bits per heavy atom. The molecule has 0 fully saturated rings. The zero-order valence-corrected chi connectivity index (χ0v) is 10.8. The average molecular weight is 234 g/mol. The highest BCUT2D eigenvalue weighted by Crippen LogP contribution is 2.31. The van der Waals surface area contributed by atoms with Gasteiger partial charge in [-0.3, -0.25) is 0 Å². The maximum atomic E-state index is 5.97. The van der Waals surface area contributed by atoms with E-state index in [0.29, 0.717) is 0 Å². The predicted octanol–water partition coefficient (Wildman–Crippen LogP) is 2.37. The second-order valence-corrected chi connectivity index (χ2v) is 4.69. The summed E-state index contributed by atoms with van der Waals surface area (Å²) in [6.07, 6.45) is 2.22. The van der Waals surface area contributed by atoms with Crippen LogP contribution in [-0.4, -0.2) is 26.3 Å². The molecule has 1 aliphatic heterocycles. The molecule has 3 nitrogen and oxygen atoms in total. The van der Waals surface area contributed by atoms with Gasteiger partial charge in [-0.2, -0.15) is 0 Å². The number of hydrogen-bond acceptors (Lipinski definition) is 3. The van der Waals surface area contributed by atoms with E-state index in [0.717, 1.165) is 44.8 Å². The second kappa shape index (κ2) is 5.41. The standard InChI is InChI=1S/C14H22N2O/c1-3-7-17-8-6-16-5-4-12-9-11(2)13(15)10-14(12)16/h9-10H,3-8,15H2,1-2H3. The molecule has 1 heterocycles. The lowest BCUT2D eigenvalue weighted by atomic mass is 10.1. The molecule has 0 saturated heterocycles. The number of ether oxygens (including phenoxy) is 1. The largest absolute Gasteiger partial charge is 0.398 e. The number of nitrogens with zero attached hydrogens (tertiary/aromatic N) is 1. The number of rotatable bonds is 5. The molecule has 0 radical (unpaired) electrons. The summed E-state index contributed by atoms with van der Waals surface area (Å²) in [5, 5.41) is 0. The molecule has 0 aliphatic carbocycles. The van der Waals surface area contributed by atoms with Gasteiger partial charge in [0.2, 0.25) is 0 Å². The van der Waals surface area contributed by atoms with Gasteiger partial charge in [0.05, 0.1) is 6.61 Å². The molecule has 0 bridgehead atoms. The number of nitrogens with two attached hydrogens (primary N) is 1.